The molecule has 4 aromatic carbocycles. The molecule has 1 atom stereocenters. The Balaban J connectivity index is 0.00000336. The van der Waals surface area contributed by atoms with Gasteiger partial charge in [0, 0.05) is 52.5 Å². The number of anilines is 2. The summed E-state index contributed by atoms with van der Waals surface area (Å²) in [4.78, 5) is 4.60. The van der Waals surface area contributed by atoms with Crippen molar-refractivity contribution in [1.82, 2.24) is 0 Å². The molecule has 0 saturated heterocycles. The van der Waals surface area contributed by atoms with Crippen molar-refractivity contribution in [2.75, 3.05) is 34.4 Å². The smallest absolute Gasteiger partial charge is 0.748 e. The monoisotopic (exact) mass is 798 g/mol. The van der Waals surface area contributed by atoms with Gasteiger partial charge in [-0.15, -0.1) is 0 Å². The van der Waals surface area contributed by atoms with Crippen LogP contribution in [0.3, 0.4) is 0 Å². The predicted octanol–water partition coefficient (Wildman–Crippen LogP) is 2.47. The van der Waals surface area contributed by atoms with Crippen LogP contribution in [0.15, 0.2) is 121 Å². The van der Waals surface area contributed by atoms with Crippen LogP contribution in [0, 0.1) is 0 Å². The summed E-state index contributed by atoms with van der Waals surface area (Å²) in [5.41, 5.74) is 5.29. The van der Waals surface area contributed by atoms with Gasteiger partial charge in [-0.05, 0) is 76.6 Å². The Hall–Kier alpha value is -2.22. The van der Waals surface area contributed by atoms with Crippen molar-refractivity contribution in [3.05, 3.63) is 132 Å². The van der Waals surface area contributed by atoms with Crippen LogP contribution in [0.5, 0.6) is 0 Å². The Bertz CT molecular complexity index is 2350. The Kier molecular flexibility index (Phi) is 15.4. The molecule has 2 aliphatic rings. The molecule has 55 heavy (non-hydrogen) atoms. The average Bonchev–Trinajstić information content (AvgIpc) is 3.45. The summed E-state index contributed by atoms with van der Waals surface area (Å²) in [7, 11) is -8.51. The van der Waals surface area contributed by atoms with Crippen molar-refractivity contribution in [3.63, 3.8) is 0 Å². The largest absolute Gasteiger partial charge is 1.00 e. The standard InChI is InChI=1S/C43H50N2O6S2.2Na/c1-42(2)38(44(28-14-16-30-52(46,47)48)36-26-24-32-18-10-12-20-34(32)40(36)42)22-8-6-5-7-9-23-39-43(3,4)41-35-21-13-11-19-33(35)25-27-37(41)45(39)29-15-17-31-53(49,50)51;;/h5-13,18-27,38H,14-17,28-31H2,1-4H3,(H,46,47,48)(H,49,50,51);;/q;2*+1/p-2/b6-5+,9-7+,22-8+,39-23+;;. The molecule has 0 radical (unpaired) electrons. The van der Waals surface area contributed by atoms with Crippen LogP contribution in [0.25, 0.3) is 21.5 Å². The van der Waals surface area contributed by atoms with Gasteiger partial charge in [0.05, 0.1) is 26.3 Å². The Labute approximate surface area is 371 Å². The SMILES string of the molecule is CC1(C)\C(=C/C=C/C=C/C=C/C2N(CCCCS(=O)(=O)[O-])c3ccc4ccccc4c3C2(C)C)N(CCCCS(=O)(=O)[O-])c2ccc3ccccc3c21.[Na+].[Na+]. The average molecular weight is 799 g/mol. The van der Waals surface area contributed by atoms with Gasteiger partial charge in [0.25, 0.3) is 0 Å². The van der Waals surface area contributed by atoms with Crippen molar-refractivity contribution >= 4 is 53.2 Å². The molecule has 0 saturated carbocycles. The first-order valence-electron chi connectivity index (χ1n) is 18.3. The van der Waals surface area contributed by atoms with Crippen LogP contribution in [-0.4, -0.2) is 56.6 Å². The van der Waals surface area contributed by atoms with E-state index < -0.39 is 20.2 Å². The maximum atomic E-state index is 11.3. The molecular formula is C43H48N2Na2O6S2. The molecule has 6 rings (SSSR count). The zero-order chi connectivity index (χ0) is 38.0. The first-order chi connectivity index (χ1) is 25.1. The van der Waals surface area contributed by atoms with Crippen molar-refractivity contribution in [2.45, 2.75) is 70.3 Å². The van der Waals surface area contributed by atoms with E-state index in [2.05, 4.69) is 116 Å². The van der Waals surface area contributed by atoms with Crippen molar-refractivity contribution in [1.29, 1.82) is 0 Å². The van der Waals surface area contributed by atoms with E-state index in [1.807, 2.05) is 36.4 Å². The van der Waals surface area contributed by atoms with Crippen molar-refractivity contribution in [3.8, 4) is 0 Å². The molecule has 0 aliphatic carbocycles. The van der Waals surface area contributed by atoms with Crippen molar-refractivity contribution < 1.29 is 85.1 Å². The molecule has 0 aromatic heterocycles. The van der Waals surface area contributed by atoms with E-state index in [-0.39, 0.29) is 87.5 Å². The molecular weight excluding hydrogens is 751 g/mol. The van der Waals surface area contributed by atoms with Gasteiger partial charge in [-0.25, -0.2) is 16.8 Å². The maximum absolute atomic E-state index is 11.3. The maximum Gasteiger partial charge on any atom is 1.00 e. The van der Waals surface area contributed by atoms with Crippen LogP contribution >= 0.6 is 0 Å². The molecule has 2 heterocycles. The summed E-state index contributed by atoms with van der Waals surface area (Å²) in [6.07, 6.45) is 16.2. The van der Waals surface area contributed by atoms with Gasteiger partial charge in [0.15, 0.2) is 0 Å². The molecule has 2 aliphatic heterocycles. The summed E-state index contributed by atoms with van der Waals surface area (Å²) in [5, 5.41) is 4.74. The van der Waals surface area contributed by atoms with Crippen LogP contribution < -0.4 is 68.9 Å². The van der Waals surface area contributed by atoms with Crippen LogP contribution in [0.2, 0.25) is 0 Å². The fourth-order valence-corrected chi connectivity index (χ4v) is 9.48. The summed E-state index contributed by atoms with van der Waals surface area (Å²) in [6, 6.07) is 25.3. The fourth-order valence-electron chi connectivity index (χ4n) is 8.36. The first kappa shape index (κ1) is 45.5. The van der Waals surface area contributed by atoms with Gasteiger partial charge in [-0.2, -0.15) is 0 Å². The molecule has 8 nitrogen and oxygen atoms in total. The van der Waals surface area contributed by atoms with E-state index in [0.29, 0.717) is 38.8 Å². The molecule has 0 amide bonds. The van der Waals surface area contributed by atoms with Crippen LogP contribution in [0.1, 0.15) is 64.5 Å². The normalized spacial score (nSPS) is 18.4. The first-order valence-corrected chi connectivity index (χ1v) is 21.4. The van der Waals surface area contributed by atoms with Gasteiger partial charge in [-0.3, -0.25) is 0 Å². The Morgan fingerprint density at radius 1 is 0.618 bits per heavy atom. The van der Waals surface area contributed by atoms with Gasteiger partial charge >= 0.3 is 59.1 Å². The van der Waals surface area contributed by atoms with Crippen molar-refractivity contribution in [2.24, 2.45) is 0 Å². The number of hydrogen-bond acceptors (Lipinski definition) is 8. The topological polar surface area (TPSA) is 121 Å². The third-order valence-corrected chi connectivity index (χ3v) is 12.3. The third-order valence-electron chi connectivity index (χ3n) is 10.8. The molecule has 0 bridgehead atoms. The number of nitrogens with zero attached hydrogens (tertiary/aromatic N) is 2. The molecule has 0 spiro atoms. The minimum Gasteiger partial charge on any atom is -0.748 e. The zero-order valence-corrected chi connectivity index (χ0v) is 38.5. The van der Waals surface area contributed by atoms with E-state index in [1.54, 1.807) is 0 Å². The van der Waals surface area contributed by atoms with Crippen LogP contribution in [0.4, 0.5) is 11.4 Å². The second-order valence-electron chi connectivity index (χ2n) is 15.1. The van der Waals surface area contributed by atoms with Gasteiger partial charge in [0.2, 0.25) is 0 Å². The molecule has 280 valence electrons. The zero-order valence-electron chi connectivity index (χ0n) is 32.9. The number of rotatable bonds is 14. The number of unbranched alkanes of at least 4 members (excludes halogenated alkanes) is 2. The quantitative estimate of drug-likeness (QED) is 0.0827. The molecule has 1 unspecified atom stereocenters. The third kappa shape index (κ3) is 10.3. The Morgan fingerprint density at radius 3 is 1.73 bits per heavy atom. The number of benzene rings is 4. The Morgan fingerprint density at radius 2 is 1.13 bits per heavy atom. The predicted molar refractivity (Wildman–Crippen MR) is 216 cm³/mol. The summed E-state index contributed by atoms with van der Waals surface area (Å²) < 4.78 is 67.6. The minimum atomic E-state index is -4.26. The minimum absolute atomic E-state index is 0. The van der Waals surface area contributed by atoms with Gasteiger partial charge in [-0.1, -0.05) is 125 Å². The summed E-state index contributed by atoms with van der Waals surface area (Å²) in [5.74, 6) is -0.722. The van der Waals surface area contributed by atoms with E-state index in [4.69, 9.17) is 0 Å². The second-order valence-corrected chi connectivity index (χ2v) is 18.2. The van der Waals surface area contributed by atoms with E-state index in [9.17, 15) is 25.9 Å². The van der Waals surface area contributed by atoms with Crippen LogP contribution in [-0.2, 0) is 31.1 Å². The number of allylic oxidation sites excluding steroid dienone is 7. The van der Waals surface area contributed by atoms with E-state index in [1.165, 1.54) is 32.7 Å². The van der Waals surface area contributed by atoms with Gasteiger partial charge in [0.1, 0.15) is 0 Å². The summed E-state index contributed by atoms with van der Waals surface area (Å²) in [6.45, 7) is 10.2. The summed E-state index contributed by atoms with van der Waals surface area (Å²) >= 11 is 0. The number of hydrogen-bond donors (Lipinski definition) is 0. The van der Waals surface area contributed by atoms with Gasteiger partial charge < -0.3 is 18.9 Å². The fraction of sp³-hybridized carbons (Fsp3) is 0.349. The molecule has 0 N–H and O–H groups in total. The molecule has 12 heteroatoms. The number of fused-ring (bicyclic) bond motifs is 6. The van der Waals surface area contributed by atoms with E-state index >= 15 is 0 Å². The molecule has 0 fully saturated rings. The molecule has 4 aromatic rings. The second kappa shape index (κ2) is 18.6. The van der Waals surface area contributed by atoms with E-state index in [0.717, 1.165) is 17.1 Å².